The van der Waals surface area contributed by atoms with Gasteiger partial charge < -0.3 is 20.7 Å². The Labute approximate surface area is 156 Å². The number of ether oxygens (including phenoxy) is 1. The number of hydrogen-bond donors (Lipinski definition) is 2. The van der Waals surface area contributed by atoms with E-state index in [1.165, 1.54) is 6.92 Å². The van der Waals surface area contributed by atoms with Crippen LogP contribution in [0.25, 0.3) is 0 Å². The first-order valence-corrected chi connectivity index (χ1v) is 9.26. The molecule has 2 rings (SSSR count). The molecule has 0 aromatic heterocycles. The van der Waals surface area contributed by atoms with Gasteiger partial charge in [0.15, 0.2) is 0 Å². The average Bonchev–Trinajstić information content (AvgIpc) is 2.57. The Balaban J connectivity index is 2.18. The van der Waals surface area contributed by atoms with Gasteiger partial charge in [0.1, 0.15) is 5.75 Å². The summed E-state index contributed by atoms with van der Waals surface area (Å²) >= 11 is 0. The number of para-hydroxylation sites is 1. The summed E-state index contributed by atoms with van der Waals surface area (Å²) in [6.07, 6.45) is 0.994. The highest BCUT2D eigenvalue weighted by Crippen LogP contribution is 2.31. The van der Waals surface area contributed by atoms with Crippen molar-refractivity contribution in [2.45, 2.75) is 52.6 Å². The second-order valence-corrected chi connectivity index (χ2v) is 7.63. The fraction of sp³-hybridized carbons (Fsp3) is 0.600. The Morgan fingerprint density at radius 2 is 2.08 bits per heavy atom. The van der Waals surface area contributed by atoms with E-state index < -0.39 is 6.04 Å². The molecule has 1 aromatic carbocycles. The van der Waals surface area contributed by atoms with Gasteiger partial charge in [-0.1, -0.05) is 32.0 Å². The molecule has 0 aliphatic carbocycles. The third kappa shape index (κ3) is 4.97. The summed E-state index contributed by atoms with van der Waals surface area (Å²) in [5.74, 6) is 0.549. The van der Waals surface area contributed by atoms with Crippen LogP contribution in [0, 0.1) is 5.41 Å². The molecule has 1 aromatic rings. The zero-order valence-electron chi connectivity index (χ0n) is 16.2. The molecule has 2 unspecified atom stereocenters. The van der Waals surface area contributed by atoms with E-state index in [-0.39, 0.29) is 29.7 Å². The van der Waals surface area contributed by atoms with Crippen molar-refractivity contribution in [3.63, 3.8) is 0 Å². The minimum atomic E-state index is -0.415. The Bertz CT molecular complexity index is 645. The van der Waals surface area contributed by atoms with Gasteiger partial charge in [0, 0.05) is 31.6 Å². The number of nitrogens with one attached hydrogen (secondary N) is 1. The van der Waals surface area contributed by atoms with Crippen LogP contribution in [0.1, 0.15) is 52.1 Å². The number of carbonyl (C=O) groups is 2. The molecule has 1 fully saturated rings. The smallest absolute Gasteiger partial charge is 0.225 e. The fourth-order valence-corrected chi connectivity index (χ4v) is 3.43. The maximum Gasteiger partial charge on any atom is 0.225 e. The predicted molar refractivity (Wildman–Crippen MR) is 102 cm³/mol. The number of benzene rings is 1. The van der Waals surface area contributed by atoms with E-state index in [4.69, 9.17) is 10.5 Å². The third-order valence-electron chi connectivity index (χ3n) is 5.02. The molecule has 1 aliphatic heterocycles. The summed E-state index contributed by atoms with van der Waals surface area (Å²) in [7, 11) is 0. The summed E-state index contributed by atoms with van der Waals surface area (Å²) < 4.78 is 5.68. The van der Waals surface area contributed by atoms with Crippen LogP contribution in [0.5, 0.6) is 5.75 Å². The van der Waals surface area contributed by atoms with Crippen LogP contribution in [0.15, 0.2) is 24.3 Å². The highest BCUT2D eigenvalue weighted by atomic mass is 16.5. The molecule has 6 nitrogen and oxygen atoms in total. The minimum absolute atomic E-state index is 0.0232. The van der Waals surface area contributed by atoms with Crippen molar-refractivity contribution < 1.29 is 14.3 Å². The molecule has 1 heterocycles. The first-order valence-electron chi connectivity index (χ1n) is 9.26. The molecule has 0 radical (unpaired) electrons. The summed E-state index contributed by atoms with van der Waals surface area (Å²) in [5, 5.41) is 2.90. The molecular weight excluding hydrogens is 330 g/mol. The maximum absolute atomic E-state index is 12.9. The van der Waals surface area contributed by atoms with Crippen LogP contribution in [0.3, 0.4) is 0 Å². The van der Waals surface area contributed by atoms with Crippen molar-refractivity contribution in [2.75, 3.05) is 19.7 Å². The van der Waals surface area contributed by atoms with Gasteiger partial charge in [0.2, 0.25) is 11.8 Å². The molecule has 0 bridgehead atoms. The van der Waals surface area contributed by atoms with E-state index in [1.54, 1.807) is 0 Å². The van der Waals surface area contributed by atoms with Gasteiger partial charge >= 0.3 is 0 Å². The summed E-state index contributed by atoms with van der Waals surface area (Å²) in [6.45, 7) is 9.37. The van der Waals surface area contributed by atoms with E-state index in [0.717, 1.165) is 12.0 Å². The fourth-order valence-electron chi connectivity index (χ4n) is 3.43. The van der Waals surface area contributed by atoms with E-state index in [0.29, 0.717) is 25.4 Å². The summed E-state index contributed by atoms with van der Waals surface area (Å²) in [6, 6.07) is 7.21. The van der Waals surface area contributed by atoms with Crippen molar-refractivity contribution in [1.82, 2.24) is 10.2 Å². The predicted octanol–water partition coefficient (Wildman–Crippen LogP) is 2.24. The largest absolute Gasteiger partial charge is 0.494 e. The molecule has 0 spiro atoms. The van der Waals surface area contributed by atoms with Crippen LogP contribution in [0.4, 0.5) is 0 Å². The molecule has 2 amide bonds. The third-order valence-corrected chi connectivity index (χ3v) is 5.02. The topological polar surface area (TPSA) is 84.7 Å². The van der Waals surface area contributed by atoms with Gasteiger partial charge in [-0.05, 0) is 24.8 Å². The van der Waals surface area contributed by atoms with Crippen LogP contribution in [0.2, 0.25) is 0 Å². The van der Waals surface area contributed by atoms with Crippen LogP contribution >= 0.6 is 0 Å². The number of rotatable bonds is 6. The number of nitrogens with two attached hydrogens (primary N) is 1. The van der Waals surface area contributed by atoms with E-state index >= 15 is 0 Å². The minimum Gasteiger partial charge on any atom is -0.494 e. The zero-order valence-corrected chi connectivity index (χ0v) is 16.2. The van der Waals surface area contributed by atoms with Crippen LogP contribution < -0.4 is 15.8 Å². The van der Waals surface area contributed by atoms with E-state index in [1.807, 2.05) is 36.1 Å². The average molecular weight is 361 g/mol. The van der Waals surface area contributed by atoms with Gasteiger partial charge in [0.05, 0.1) is 19.1 Å². The molecule has 1 aliphatic rings. The molecule has 26 heavy (non-hydrogen) atoms. The molecule has 0 saturated carbocycles. The SMILES string of the molecule is CCOc1ccccc1C(CC(=O)N1CCC(N)C(C)(C)C1)NC(C)=O. The number of amides is 2. The normalized spacial score (nSPS) is 20.3. The number of carbonyl (C=O) groups excluding carboxylic acids is 2. The zero-order chi connectivity index (χ0) is 19.3. The summed E-state index contributed by atoms with van der Waals surface area (Å²) in [4.78, 5) is 26.5. The molecule has 2 atom stereocenters. The molecular formula is C20H31N3O3. The Kier molecular flexibility index (Phi) is 6.64. The number of likely N-dealkylation sites (tertiary alicyclic amines) is 1. The lowest BCUT2D eigenvalue weighted by molar-refractivity contribution is -0.135. The quantitative estimate of drug-likeness (QED) is 0.814. The first kappa shape index (κ1) is 20.2. The first-order chi connectivity index (χ1) is 12.2. The van der Waals surface area contributed by atoms with Gasteiger partial charge in [-0.2, -0.15) is 0 Å². The van der Waals surface area contributed by atoms with Crippen molar-refractivity contribution in [1.29, 1.82) is 0 Å². The van der Waals surface area contributed by atoms with Crippen molar-refractivity contribution in [3.05, 3.63) is 29.8 Å². The highest BCUT2D eigenvalue weighted by Gasteiger charge is 2.36. The highest BCUT2D eigenvalue weighted by molar-refractivity contribution is 5.79. The number of piperidine rings is 1. The lowest BCUT2D eigenvalue weighted by atomic mass is 9.79. The Morgan fingerprint density at radius 1 is 1.38 bits per heavy atom. The van der Waals surface area contributed by atoms with Crippen molar-refractivity contribution in [2.24, 2.45) is 11.1 Å². The Morgan fingerprint density at radius 3 is 2.69 bits per heavy atom. The van der Waals surface area contributed by atoms with Crippen LogP contribution in [-0.2, 0) is 9.59 Å². The number of hydrogen-bond acceptors (Lipinski definition) is 4. The lowest BCUT2D eigenvalue weighted by Crippen LogP contribution is -2.54. The molecule has 3 N–H and O–H groups in total. The number of nitrogens with zero attached hydrogens (tertiary/aromatic N) is 1. The standard InChI is InChI=1S/C20H31N3O3/c1-5-26-17-9-7-6-8-15(17)16(22-14(2)24)12-19(25)23-11-10-18(21)20(3,4)13-23/h6-9,16,18H,5,10-13,21H2,1-4H3,(H,22,24). The van der Waals surface area contributed by atoms with Crippen LogP contribution in [-0.4, -0.2) is 42.5 Å². The second-order valence-electron chi connectivity index (χ2n) is 7.63. The van der Waals surface area contributed by atoms with Gasteiger partial charge in [-0.25, -0.2) is 0 Å². The van der Waals surface area contributed by atoms with Gasteiger partial charge in [-0.15, -0.1) is 0 Å². The maximum atomic E-state index is 12.9. The van der Waals surface area contributed by atoms with Crippen molar-refractivity contribution >= 4 is 11.8 Å². The lowest BCUT2D eigenvalue weighted by Gasteiger charge is -2.43. The van der Waals surface area contributed by atoms with Crippen molar-refractivity contribution in [3.8, 4) is 5.75 Å². The Hall–Kier alpha value is -2.08. The second kappa shape index (κ2) is 8.54. The molecule has 6 heteroatoms. The monoisotopic (exact) mass is 361 g/mol. The van der Waals surface area contributed by atoms with E-state index in [9.17, 15) is 9.59 Å². The van der Waals surface area contributed by atoms with Gasteiger partial charge in [-0.3, -0.25) is 9.59 Å². The molecule has 1 saturated heterocycles. The van der Waals surface area contributed by atoms with Gasteiger partial charge in [0.25, 0.3) is 0 Å². The van der Waals surface area contributed by atoms with E-state index in [2.05, 4.69) is 19.2 Å². The molecule has 144 valence electrons. The summed E-state index contributed by atoms with van der Waals surface area (Å²) in [5.41, 5.74) is 6.89.